The van der Waals surface area contributed by atoms with Crippen LogP contribution in [0.2, 0.25) is 4.34 Å². The van der Waals surface area contributed by atoms with Crippen LogP contribution in [0.1, 0.15) is 18.7 Å². The Balaban J connectivity index is 2.55. The van der Waals surface area contributed by atoms with Crippen molar-refractivity contribution in [3.05, 3.63) is 21.3 Å². The lowest BCUT2D eigenvalue weighted by molar-refractivity contribution is -0.120. The van der Waals surface area contributed by atoms with E-state index in [4.69, 9.17) is 11.6 Å². The van der Waals surface area contributed by atoms with Gasteiger partial charge in [0.15, 0.2) is 0 Å². The molecular weight excluding hydrogens is 244 g/mol. The molecule has 0 spiro atoms. The summed E-state index contributed by atoms with van der Waals surface area (Å²) < 4.78 is 0.782. The van der Waals surface area contributed by atoms with Crippen molar-refractivity contribution in [1.82, 2.24) is 10.6 Å². The van der Waals surface area contributed by atoms with Crippen molar-refractivity contribution in [3.8, 4) is 0 Å². The summed E-state index contributed by atoms with van der Waals surface area (Å²) in [6.45, 7) is 5.15. The SMILES string of the molecule is CNCC(=O)NCC(C)(C)c1ccc(Cl)s1. The first-order chi connectivity index (χ1) is 7.45. The standard InChI is InChI=1S/C11H17ClN2OS/c1-11(2,7-14-10(15)6-13-3)8-4-5-9(12)16-8/h4-5,13H,6-7H2,1-3H3,(H,14,15). The van der Waals surface area contributed by atoms with Gasteiger partial charge in [0.1, 0.15) is 0 Å². The molecule has 1 heterocycles. The molecule has 1 amide bonds. The molecule has 90 valence electrons. The van der Waals surface area contributed by atoms with Crippen LogP contribution in [0, 0.1) is 0 Å². The molecule has 1 rings (SSSR count). The molecule has 0 aliphatic rings. The molecule has 16 heavy (non-hydrogen) atoms. The van der Waals surface area contributed by atoms with Crippen molar-refractivity contribution in [2.45, 2.75) is 19.3 Å². The molecule has 0 bridgehead atoms. The van der Waals surface area contributed by atoms with Gasteiger partial charge in [-0.1, -0.05) is 25.4 Å². The average Bonchev–Trinajstić information content (AvgIpc) is 2.63. The molecule has 0 fully saturated rings. The number of carbonyl (C=O) groups excluding carboxylic acids is 1. The minimum Gasteiger partial charge on any atom is -0.354 e. The Morgan fingerprint density at radius 1 is 1.50 bits per heavy atom. The number of hydrogen-bond acceptors (Lipinski definition) is 3. The van der Waals surface area contributed by atoms with Crippen LogP contribution < -0.4 is 10.6 Å². The van der Waals surface area contributed by atoms with Crippen LogP contribution in [0.15, 0.2) is 12.1 Å². The normalized spacial score (nSPS) is 11.5. The number of amides is 1. The monoisotopic (exact) mass is 260 g/mol. The third-order valence-electron chi connectivity index (χ3n) is 2.31. The maximum atomic E-state index is 11.3. The molecule has 1 aromatic heterocycles. The van der Waals surface area contributed by atoms with Crippen molar-refractivity contribution in [2.75, 3.05) is 20.1 Å². The Labute approximate surface area is 105 Å². The van der Waals surface area contributed by atoms with E-state index in [1.807, 2.05) is 12.1 Å². The summed E-state index contributed by atoms with van der Waals surface area (Å²) in [7, 11) is 1.75. The van der Waals surface area contributed by atoms with Crippen LogP contribution in [-0.2, 0) is 10.2 Å². The van der Waals surface area contributed by atoms with E-state index in [-0.39, 0.29) is 11.3 Å². The summed E-state index contributed by atoms with van der Waals surface area (Å²) in [5, 5.41) is 5.71. The number of nitrogens with one attached hydrogen (secondary N) is 2. The van der Waals surface area contributed by atoms with E-state index < -0.39 is 0 Å². The van der Waals surface area contributed by atoms with Gasteiger partial charge in [-0.25, -0.2) is 0 Å². The summed E-state index contributed by atoms with van der Waals surface area (Å²) in [5.41, 5.74) is -0.0821. The fourth-order valence-corrected chi connectivity index (χ4v) is 2.45. The molecule has 0 aromatic carbocycles. The highest BCUT2D eigenvalue weighted by Crippen LogP contribution is 2.31. The predicted octanol–water partition coefficient (Wildman–Crippen LogP) is 2.01. The zero-order valence-corrected chi connectivity index (χ0v) is 11.3. The molecule has 1 aromatic rings. The summed E-state index contributed by atoms with van der Waals surface area (Å²) in [5.74, 6) is 0.0122. The first-order valence-electron chi connectivity index (χ1n) is 5.13. The van der Waals surface area contributed by atoms with Crippen LogP contribution in [0.25, 0.3) is 0 Å². The number of halogens is 1. The second-order valence-corrected chi connectivity index (χ2v) is 6.01. The predicted molar refractivity (Wildman–Crippen MR) is 69.3 cm³/mol. The highest BCUT2D eigenvalue weighted by Gasteiger charge is 2.23. The Bertz CT molecular complexity index is 363. The Morgan fingerprint density at radius 2 is 2.19 bits per heavy atom. The summed E-state index contributed by atoms with van der Waals surface area (Å²) in [6, 6.07) is 3.90. The molecule has 0 atom stereocenters. The third kappa shape index (κ3) is 3.77. The van der Waals surface area contributed by atoms with Crippen molar-refractivity contribution in [3.63, 3.8) is 0 Å². The van der Waals surface area contributed by atoms with Crippen molar-refractivity contribution in [1.29, 1.82) is 0 Å². The molecule has 0 radical (unpaired) electrons. The van der Waals surface area contributed by atoms with Gasteiger partial charge in [-0.2, -0.15) is 0 Å². The maximum absolute atomic E-state index is 11.3. The summed E-state index contributed by atoms with van der Waals surface area (Å²) in [4.78, 5) is 12.5. The highest BCUT2D eigenvalue weighted by molar-refractivity contribution is 7.16. The lowest BCUT2D eigenvalue weighted by Gasteiger charge is -2.23. The van der Waals surface area contributed by atoms with Gasteiger partial charge in [0, 0.05) is 16.8 Å². The van der Waals surface area contributed by atoms with E-state index in [1.165, 1.54) is 4.88 Å². The Morgan fingerprint density at radius 3 is 2.69 bits per heavy atom. The van der Waals surface area contributed by atoms with E-state index in [9.17, 15) is 4.79 Å². The maximum Gasteiger partial charge on any atom is 0.233 e. The van der Waals surface area contributed by atoms with Gasteiger partial charge in [0.2, 0.25) is 5.91 Å². The first kappa shape index (κ1) is 13.5. The van der Waals surface area contributed by atoms with Gasteiger partial charge in [-0.05, 0) is 19.2 Å². The third-order valence-corrected chi connectivity index (χ3v) is 3.90. The van der Waals surface area contributed by atoms with E-state index in [2.05, 4.69) is 24.5 Å². The van der Waals surface area contributed by atoms with Crippen molar-refractivity contribution < 1.29 is 4.79 Å². The highest BCUT2D eigenvalue weighted by atomic mass is 35.5. The van der Waals surface area contributed by atoms with Gasteiger partial charge in [0.25, 0.3) is 0 Å². The fourth-order valence-electron chi connectivity index (χ4n) is 1.31. The van der Waals surface area contributed by atoms with Gasteiger partial charge in [-0.3, -0.25) is 4.79 Å². The molecule has 0 aliphatic carbocycles. The molecule has 0 aliphatic heterocycles. The van der Waals surface area contributed by atoms with Crippen molar-refractivity contribution >= 4 is 28.8 Å². The fraction of sp³-hybridized carbons (Fsp3) is 0.545. The molecular formula is C11H17ClN2OS. The van der Waals surface area contributed by atoms with E-state index in [0.717, 1.165) is 4.34 Å². The zero-order chi connectivity index (χ0) is 12.2. The second-order valence-electron chi connectivity index (χ2n) is 4.29. The molecule has 2 N–H and O–H groups in total. The van der Waals surface area contributed by atoms with E-state index in [0.29, 0.717) is 13.1 Å². The van der Waals surface area contributed by atoms with Crippen LogP contribution in [0.5, 0.6) is 0 Å². The molecule has 0 saturated carbocycles. The summed E-state index contributed by atoms with van der Waals surface area (Å²) >= 11 is 7.46. The van der Waals surface area contributed by atoms with Crippen molar-refractivity contribution in [2.24, 2.45) is 0 Å². The number of likely N-dealkylation sites (N-methyl/N-ethyl adjacent to an activating group) is 1. The minimum atomic E-state index is -0.0821. The van der Waals surface area contributed by atoms with E-state index in [1.54, 1.807) is 18.4 Å². The number of carbonyl (C=O) groups is 1. The van der Waals surface area contributed by atoms with Crippen LogP contribution in [0.4, 0.5) is 0 Å². The Kier molecular flexibility index (Phi) is 4.77. The van der Waals surface area contributed by atoms with Crippen LogP contribution in [-0.4, -0.2) is 26.0 Å². The van der Waals surface area contributed by atoms with E-state index >= 15 is 0 Å². The topological polar surface area (TPSA) is 41.1 Å². The lowest BCUT2D eigenvalue weighted by atomic mass is 9.91. The number of rotatable bonds is 5. The summed E-state index contributed by atoms with van der Waals surface area (Å²) in [6.07, 6.45) is 0. The lowest BCUT2D eigenvalue weighted by Crippen LogP contribution is -2.39. The molecule has 0 unspecified atom stereocenters. The number of hydrogen-bond donors (Lipinski definition) is 2. The van der Waals surface area contributed by atoms with Crippen LogP contribution in [0.3, 0.4) is 0 Å². The zero-order valence-electron chi connectivity index (χ0n) is 9.76. The van der Waals surface area contributed by atoms with Gasteiger partial charge in [-0.15, -0.1) is 11.3 Å². The Hall–Kier alpha value is -0.580. The van der Waals surface area contributed by atoms with Crippen LogP contribution >= 0.6 is 22.9 Å². The van der Waals surface area contributed by atoms with Gasteiger partial charge < -0.3 is 10.6 Å². The van der Waals surface area contributed by atoms with Gasteiger partial charge >= 0.3 is 0 Å². The first-order valence-corrected chi connectivity index (χ1v) is 6.32. The minimum absolute atomic E-state index is 0.0122. The quantitative estimate of drug-likeness (QED) is 0.851. The molecule has 3 nitrogen and oxygen atoms in total. The van der Waals surface area contributed by atoms with Gasteiger partial charge in [0.05, 0.1) is 10.9 Å². The molecule has 0 saturated heterocycles. The molecule has 5 heteroatoms. The number of thiophene rings is 1. The smallest absolute Gasteiger partial charge is 0.233 e. The largest absolute Gasteiger partial charge is 0.354 e. The second kappa shape index (κ2) is 5.66. The average molecular weight is 261 g/mol.